The van der Waals surface area contributed by atoms with Crippen LogP contribution in [0, 0.1) is 0 Å². The van der Waals surface area contributed by atoms with Crippen LogP contribution in [-0.2, 0) is 10.8 Å². The van der Waals surface area contributed by atoms with Crippen molar-refractivity contribution in [3.63, 3.8) is 0 Å². The summed E-state index contributed by atoms with van der Waals surface area (Å²) in [6, 6.07) is 42.0. The molecule has 0 radical (unpaired) electrons. The molecule has 3 aliphatic rings. The first-order chi connectivity index (χ1) is 26.4. The van der Waals surface area contributed by atoms with E-state index in [0.29, 0.717) is 11.8 Å². The van der Waals surface area contributed by atoms with E-state index in [1.165, 1.54) is 66.2 Å². The van der Waals surface area contributed by atoms with Crippen LogP contribution in [0.5, 0.6) is 0 Å². The minimum Gasteiger partial charge on any atom is -0.281 e. The van der Waals surface area contributed by atoms with Gasteiger partial charge in [0.1, 0.15) is 0 Å². The molecule has 0 atom stereocenters. The molecule has 0 saturated heterocycles. The van der Waals surface area contributed by atoms with Crippen molar-refractivity contribution < 1.29 is 0 Å². The van der Waals surface area contributed by atoms with E-state index in [9.17, 15) is 0 Å². The zero-order chi connectivity index (χ0) is 38.7. The first-order valence-electron chi connectivity index (χ1n) is 20.3. The summed E-state index contributed by atoms with van der Waals surface area (Å²) in [5.41, 5.74) is 17.7. The highest BCUT2D eigenvalue weighted by atomic mass is 16.1. The molecule has 1 aromatic heterocycles. The van der Waals surface area contributed by atoms with Crippen LogP contribution in [0.15, 0.2) is 120 Å². The second kappa shape index (κ2) is 12.3. The summed E-state index contributed by atoms with van der Waals surface area (Å²) in [7, 11) is 0. The lowest BCUT2D eigenvalue weighted by molar-refractivity contribution is 0.322. The van der Waals surface area contributed by atoms with Crippen LogP contribution in [-0.4, -0.2) is 16.1 Å². The fourth-order valence-electron chi connectivity index (χ4n) is 10.2. The molecule has 6 aromatic carbocycles. The van der Waals surface area contributed by atoms with Gasteiger partial charge in [-0.05, 0) is 107 Å². The number of nitrogens with zero attached hydrogens (tertiary/aromatic N) is 2. The molecule has 3 nitrogen and oxygen atoms in total. The van der Waals surface area contributed by atoms with Gasteiger partial charge in [-0.1, -0.05) is 172 Å². The van der Waals surface area contributed by atoms with Crippen LogP contribution >= 0.6 is 0 Å². The number of fused-ring (bicyclic) bond motifs is 5. The molecule has 3 heterocycles. The van der Waals surface area contributed by atoms with E-state index in [2.05, 4.69) is 162 Å². The van der Waals surface area contributed by atoms with E-state index >= 15 is 4.79 Å². The molecule has 274 valence electrons. The summed E-state index contributed by atoms with van der Waals surface area (Å²) in [4.78, 5) is 15.4. The third-order valence-corrected chi connectivity index (χ3v) is 13.4. The first kappa shape index (κ1) is 35.4. The van der Waals surface area contributed by atoms with E-state index in [1.54, 1.807) is 0 Å². The molecular weight excluding hydrogens is 667 g/mol. The van der Waals surface area contributed by atoms with Gasteiger partial charge in [-0.15, -0.1) is 0 Å². The van der Waals surface area contributed by atoms with Gasteiger partial charge in [-0.25, -0.2) is 0 Å². The summed E-state index contributed by atoms with van der Waals surface area (Å²) in [5, 5.41) is 2.69. The average molecular weight is 719 g/mol. The zero-order valence-corrected chi connectivity index (χ0v) is 34.0. The molecule has 0 saturated carbocycles. The molecule has 0 unspecified atom stereocenters. The van der Waals surface area contributed by atoms with E-state index < -0.39 is 0 Å². The number of benzene rings is 6. The van der Waals surface area contributed by atoms with Gasteiger partial charge in [0.25, 0.3) is 5.56 Å². The Hall–Kier alpha value is -5.35. The molecule has 7 aromatic rings. The molecule has 1 aliphatic carbocycles. The van der Waals surface area contributed by atoms with Gasteiger partial charge < -0.3 is 0 Å². The third kappa shape index (κ3) is 4.60. The summed E-state index contributed by atoms with van der Waals surface area (Å²) < 4.78 is 4.39. The van der Waals surface area contributed by atoms with Crippen molar-refractivity contribution in [2.45, 2.75) is 91.9 Å². The molecule has 10 rings (SSSR count). The maximum absolute atomic E-state index is 15.4. The topological polar surface area (TPSA) is 26.9 Å². The largest absolute Gasteiger partial charge is 0.354 e. The third-order valence-electron chi connectivity index (χ3n) is 13.4. The normalized spacial score (nSPS) is 15.0. The number of hydrogen-bond acceptors (Lipinski definition) is 1. The Morgan fingerprint density at radius 2 is 1.13 bits per heavy atom. The molecule has 0 bridgehead atoms. The van der Waals surface area contributed by atoms with Crippen molar-refractivity contribution in [3.05, 3.63) is 148 Å². The first-order valence-corrected chi connectivity index (χ1v) is 20.3. The Morgan fingerprint density at radius 3 is 1.71 bits per heavy atom. The summed E-state index contributed by atoms with van der Waals surface area (Å²) in [6.07, 6.45) is 0. The molecule has 0 fully saturated rings. The highest BCUT2D eigenvalue weighted by molar-refractivity contribution is 6.89. The lowest BCUT2D eigenvalue weighted by Crippen LogP contribution is -2.52. The lowest BCUT2D eigenvalue weighted by Gasteiger charge is -2.37. The van der Waals surface area contributed by atoms with Crippen LogP contribution in [0.25, 0.3) is 61.1 Å². The maximum Gasteiger partial charge on any atom is 0.354 e. The predicted molar refractivity (Wildman–Crippen MR) is 235 cm³/mol. The molecule has 4 heteroatoms. The smallest absolute Gasteiger partial charge is 0.281 e. The maximum atomic E-state index is 15.4. The highest BCUT2D eigenvalue weighted by Crippen LogP contribution is 2.56. The minimum atomic E-state index is -0.255. The second-order valence-electron chi connectivity index (χ2n) is 17.3. The fourth-order valence-corrected chi connectivity index (χ4v) is 10.2. The summed E-state index contributed by atoms with van der Waals surface area (Å²) in [6.45, 7) is 22.6. The van der Waals surface area contributed by atoms with Crippen LogP contribution in [0.4, 0.5) is 0 Å². The van der Waals surface area contributed by atoms with Crippen LogP contribution in [0.3, 0.4) is 0 Å². The van der Waals surface area contributed by atoms with Crippen molar-refractivity contribution in [1.29, 1.82) is 0 Å². The SMILES string of the molecule is CC.CC(C)c1cccc(C(C)C)c1-c1cc2c3c(c1)-n1c(-c4ccccc4)c(-c4ccccc4)c(=O)n1B3c1ccc3c4c(ccc-2c14)C(C)(C)C3(C)C. The second-order valence-corrected chi connectivity index (χ2v) is 17.3. The fraction of sp³-hybridized carbons (Fsp3) is 0.275. The van der Waals surface area contributed by atoms with Gasteiger partial charge in [0.05, 0.1) is 16.9 Å². The number of aromatic nitrogens is 2. The van der Waals surface area contributed by atoms with Crippen molar-refractivity contribution in [2.75, 3.05) is 0 Å². The quantitative estimate of drug-likeness (QED) is 0.163. The highest BCUT2D eigenvalue weighted by Gasteiger charge is 2.51. The summed E-state index contributed by atoms with van der Waals surface area (Å²) in [5.74, 6) is 0.700. The Kier molecular flexibility index (Phi) is 7.93. The molecule has 2 aliphatic heterocycles. The van der Waals surface area contributed by atoms with E-state index in [1.807, 2.05) is 32.0 Å². The van der Waals surface area contributed by atoms with Gasteiger partial charge in [0, 0.05) is 5.56 Å². The standard InChI is InChI=1S/C49H45BN2O.C2H6/c1-28(2)33-20-15-21-34(29(3)4)41(33)32-26-36-35-22-23-37-44-38(49(7,8)48(37,5)6)24-25-39(43(35)44)50-45(36)40(27-32)51-46(31-18-13-10-14-19-31)42(47(53)52(50)51)30-16-11-9-12-17-30;1-2/h9-29H,1-8H3;1-2H3. The predicted octanol–water partition coefficient (Wildman–Crippen LogP) is 11.6. The Labute approximate surface area is 326 Å². The van der Waals surface area contributed by atoms with Gasteiger partial charge in [0.2, 0.25) is 0 Å². The van der Waals surface area contributed by atoms with Crippen molar-refractivity contribution in [3.8, 4) is 50.3 Å². The van der Waals surface area contributed by atoms with Gasteiger partial charge in [-0.3, -0.25) is 14.1 Å². The molecule has 0 spiro atoms. The minimum absolute atomic E-state index is 0.0431. The number of rotatable bonds is 5. The Balaban J connectivity index is 0.00000195. The van der Waals surface area contributed by atoms with E-state index in [4.69, 9.17) is 0 Å². The van der Waals surface area contributed by atoms with Gasteiger partial charge in [0.15, 0.2) is 0 Å². The molecule has 55 heavy (non-hydrogen) atoms. The Bertz CT molecular complexity index is 2700. The average Bonchev–Trinajstić information content (AvgIpc) is 3.74. The molecular formula is C51H51BN2O. The number of hydrogen-bond donors (Lipinski definition) is 0. The van der Waals surface area contributed by atoms with E-state index in [0.717, 1.165) is 28.1 Å². The van der Waals surface area contributed by atoms with Crippen LogP contribution in [0.1, 0.15) is 103 Å². The Morgan fingerprint density at radius 1 is 0.564 bits per heavy atom. The van der Waals surface area contributed by atoms with Crippen LogP contribution < -0.4 is 16.5 Å². The van der Waals surface area contributed by atoms with Crippen molar-refractivity contribution in [2.24, 2.45) is 0 Å². The van der Waals surface area contributed by atoms with Gasteiger partial charge in [-0.2, -0.15) is 0 Å². The zero-order valence-electron chi connectivity index (χ0n) is 34.0. The van der Waals surface area contributed by atoms with Crippen LogP contribution in [0.2, 0.25) is 0 Å². The van der Waals surface area contributed by atoms with Crippen molar-refractivity contribution in [1.82, 2.24) is 9.27 Å². The lowest BCUT2D eigenvalue weighted by atomic mass is 9.46. The van der Waals surface area contributed by atoms with E-state index in [-0.39, 0.29) is 23.2 Å². The van der Waals surface area contributed by atoms with Crippen molar-refractivity contribution >= 4 is 28.5 Å². The molecule has 0 amide bonds. The van der Waals surface area contributed by atoms with Gasteiger partial charge >= 0.3 is 6.85 Å². The summed E-state index contributed by atoms with van der Waals surface area (Å²) >= 11 is 0. The molecule has 0 N–H and O–H groups in total. The monoisotopic (exact) mass is 718 g/mol.